The maximum absolute atomic E-state index is 11.6. The van der Waals surface area contributed by atoms with E-state index in [2.05, 4.69) is 29.1 Å². The average Bonchev–Trinajstić information content (AvgIpc) is 2.37. The van der Waals surface area contributed by atoms with E-state index in [4.69, 9.17) is 0 Å². The molecule has 21 heavy (non-hydrogen) atoms. The third-order valence-corrected chi connectivity index (χ3v) is 5.29. The molecule has 0 aliphatic carbocycles. The molecule has 1 atom stereocenters. The number of aromatic nitrogens is 2. The molecule has 1 unspecified atom stereocenters. The van der Waals surface area contributed by atoms with E-state index in [9.17, 15) is 8.42 Å². The van der Waals surface area contributed by atoms with Gasteiger partial charge in [0, 0.05) is 25.3 Å². The van der Waals surface area contributed by atoms with Crippen molar-refractivity contribution < 1.29 is 8.42 Å². The van der Waals surface area contributed by atoms with Gasteiger partial charge in [0.2, 0.25) is 0 Å². The van der Waals surface area contributed by atoms with Crippen molar-refractivity contribution in [3.8, 4) is 0 Å². The third kappa shape index (κ3) is 4.64. The Morgan fingerprint density at radius 1 is 1.43 bits per heavy atom. The van der Waals surface area contributed by atoms with E-state index in [0.29, 0.717) is 19.0 Å². The summed E-state index contributed by atoms with van der Waals surface area (Å²) in [5.41, 5.74) is 0.883. The monoisotopic (exact) mass is 312 g/mol. The SMILES string of the molecule is CC(C)CNCc1cncc(N2CCS(=O)(=O)CC2C)n1. The number of hydrogen-bond donors (Lipinski definition) is 1. The molecule has 0 aromatic carbocycles. The topological polar surface area (TPSA) is 75.2 Å². The normalized spacial score (nSPS) is 21.7. The summed E-state index contributed by atoms with van der Waals surface area (Å²) in [7, 11) is -2.91. The van der Waals surface area contributed by atoms with Gasteiger partial charge < -0.3 is 10.2 Å². The first-order chi connectivity index (χ1) is 9.87. The van der Waals surface area contributed by atoms with Crippen LogP contribution in [-0.4, -0.2) is 49.0 Å². The first-order valence-corrected chi connectivity index (χ1v) is 9.18. The van der Waals surface area contributed by atoms with Crippen LogP contribution >= 0.6 is 0 Å². The van der Waals surface area contributed by atoms with Gasteiger partial charge in [-0.15, -0.1) is 0 Å². The maximum atomic E-state index is 11.6. The van der Waals surface area contributed by atoms with Gasteiger partial charge in [0.05, 0.1) is 23.4 Å². The van der Waals surface area contributed by atoms with E-state index in [1.165, 1.54) is 0 Å². The zero-order valence-electron chi connectivity index (χ0n) is 12.9. The van der Waals surface area contributed by atoms with Gasteiger partial charge in [0.15, 0.2) is 9.84 Å². The Bertz CT molecular complexity index is 574. The van der Waals surface area contributed by atoms with Crippen molar-refractivity contribution in [3.05, 3.63) is 18.1 Å². The third-order valence-electron chi connectivity index (χ3n) is 3.50. The number of anilines is 1. The molecule has 2 rings (SSSR count). The van der Waals surface area contributed by atoms with Gasteiger partial charge in [0.1, 0.15) is 5.82 Å². The van der Waals surface area contributed by atoms with Gasteiger partial charge in [-0.3, -0.25) is 4.98 Å². The van der Waals surface area contributed by atoms with Crippen molar-refractivity contribution in [2.24, 2.45) is 5.92 Å². The summed E-state index contributed by atoms with van der Waals surface area (Å²) >= 11 is 0. The van der Waals surface area contributed by atoms with Gasteiger partial charge in [-0.25, -0.2) is 13.4 Å². The van der Waals surface area contributed by atoms with Crippen LogP contribution in [0, 0.1) is 5.92 Å². The molecule has 2 heterocycles. The number of hydrogen-bond acceptors (Lipinski definition) is 6. The van der Waals surface area contributed by atoms with E-state index < -0.39 is 9.84 Å². The number of rotatable bonds is 5. The predicted octanol–water partition coefficient (Wildman–Crippen LogP) is 0.845. The Kier molecular flexibility index (Phi) is 5.16. The van der Waals surface area contributed by atoms with Gasteiger partial charge in [-0.1, -0.05) is 13.8 Å². The molecule has 1 aliphatic heterocycles. The first-order valence-electron chi connectivity index (χ1n) is 7.36. The van der Waals surface area contributed by atoms with Crippen LogP contribution in [0.25, 0.3) is 0 Å². The van der Waals surface area contributed by atoms with Crippen LogP contribution in [0.5, 0.6) is 0 Å². The molecule has 0 radical (unpaired) electrons. The van der Waals surface area contributed by atoms with Crippen molar-refractivity contribution in [3.63, 3.8) is 0 Å². The van der Waals surface area contributed by atoms with Crippen LogP contribution < -0.4 is 10.2 Å². The van der Waals surface area contributed by atoms with E-state index >= 15 is 0 Å². The molecule has 1 fully saturated rings. The summed E-state index contributed by atoms with van der Waals surface area (Å²) in [5, 5.41) is 3.34. The second-order valence-electron chi connectivity index (χ2n) is 6.05. The van der Waals surface area contributed by atoms with Crippen molar-refractivity contribution in [1.82, 2.24) is 15.3 Å². The molecule has 0 saturated carbocycles. The van der Waals surface area contributed by atoms with Crippen LogP contribution in [0.1, 0.15) is 26.5 Å². The lowest BCUT2D eigenvalue weighted by Gasteiger charge is -2.34. The zero-order valence-corrected chi connectivity index (χ0v) is 13.7. The Labute approximate surface area is 126 Å². The summed E-state index contributed by atoms with van der Waals surface area (Å²) in [4.78, 5) is 10.9. The minimum atomic E-state index is -2.91. The van der Waals surface area contributed by atoms with E-state index in [0.717, 1.165) is 18.1 Å². The largest absolute Gasteiger partial charge is 0.351 e. The predicted molar refractivity (Wildman–Crippen MR) is 84.0 cm³/mol. The zero-order chi connectivity index (χ0) is 15.5. The molecule has 0 spiro atoms. The molecule has 1 N–H and O–H groups in total. The fourth-order valence-electron chi connectivity index (χ4n) is 2.45. The summed E-state index contributed by atoms with van der Waals surface area (Å²) in [6.45, 7) is 8.34. The quantitative estimate of drug-likeness (QED) is 0.868. The molecule has 1 saturated heterocycles. The standard InChI is InChI=1S/C14H24N4O2S/c1-11(2)6-15-7-13-8-16-9-14(17-13)18-4-5-21(19,20)10-12(18)3/h8-9,11-12,15H,4-7,10H2,1-3H3. The molecule has 1 aromatic heterocycles. The number of sulfone groups is 1. The smallest absolute Gasteiger partial charge is 0.154 e. The van der Waals surface area contributed by atoms with Gasteiger partial charge in [-0.2, -0.15) is 0 Å². The number of nitrogens with zero attached hydrogens (tertiary/aromatic N) is 3. The van der Waals surface area contributed by atoms with Gasteiger partial charge in [0.25, 0.3) is 0 Å². The van der Waals surface area contributed by atoms with Crippen LogP contribution in [-0.2, 0) is 16.4 Å². The highest BCUT2D eigenvalue weighted by Gasteiger charge is 2.29. The maximum Gasteiger partial charge on any atom is 0.154 e. The molecular formula is C14H24N4O2S. The molecule has 6 nitrogen and oxygen atoms in total. The molecule has 0 bridgehead atoms. The van der Waals surface area contributed by atoms with Gasteiger partial charge in [-0.05, 0) is 19.4 Å². The van der Waals surface area contributed by atoms with Crippen LogP contribution in [0.3, 0.4) is 0 Å². The number of nitrogens with one attached hydrogen (secondary N) is 1. The van der Waals surface area contributed by atoms with Crippen LogP contribution in [0.4, 0.5) is 5.82 Å². The van der Waals surface area contributed by atoms with E-state index in [-0.39, 0.29) is 17.5 Å². The summed E-state index contributed by atoms with van der Waals surface area (Å²) in [6.07, 6.45) is 3.46. The van der Waals surface area contributed by atoms with E-state index in [1.54, 1.807) is 12.4 Å². The van der Waals surface area contributed by atoms with Crippen molar-refractivity contribution in [2.45, 2.75) is 33.4 Å². The van der Waals surface area contributed by atoms with Crippen molar-refractivity contribution in [2.75, 3.05) is 29.5 Å². The highest BCUT2D eigenvalue weighted by molar-refractivity contribution is 7.91. The minimum Gasteiger partial charge on any atom is -0.351 e. The Morgan fingerprint density at radius 3 is 2.86 bits per heavy atom. The Morgan fingerprint density at radius 2 is 2.19 bits per heavy atom. The molecular weight excluding hydrogens is 288 g/mol. The highest BCUT2D eigenvalue weighted by Crippen LogP contribution is 2.18. The van der Waals surface area contributed by atoms with Gasteiger partial charge >= 0.3 is 0 Å². The lowest BCUT2D eigenvalue weighted by atomic mass is 10.2. The molecule has 1 aliphatic rings. The van der Waals surface area contributed by atoms with Crippen LogP contribution in [0.15, 0.2) is 12.4 Å². The lowest BCUT2D eigenvalue weighted by Crippen LogP contribution is -2.47. The first kappa shape index (κ1) is 16.2. The minimum absolute atomic E-state index is 0.0584. The fraction of sp³-hybridized carbons (Fsp3) is 0.714. The molecule has 7 heteroatoms. The lowest BCUT2D eigenvalue weighted by molar-refractivity contribution is 0.546. The summed E-state index contributed by atoms with van der Waals surface area (Å²) in [6, 6.07) is -0.0584. The second-order valence-corrected chi connectivity index (χ2v) is 8.28. The summed E-state index contributed by atoms with van der Waals surface area (Å²) < 4.78 is 23.3. The van der Waals surface area contributed by atoms with Crippen molar-refractivity contribution in [1.29, 1.82) is 0 Å². The molecule has 1 aromatic rings. The average molecular weight is 312 g/mol. The van der Waals surface area contributed by atoms with Crippen LogP contribution in [0.2, 0.25) is 0 Å². The molecule has 118 valence electrons. The highest BCUT2D eigenvalue weighted by atomic mass is 32.2. The summed E-state index contributed by atoms with van der Waals surface area (Å²) in [5.74, 6) is 1.73. The van der Waals surface area contributed by atoms with Crippen molar-refractivity contribution >= 4 is 15.7 Å². The second kappa shape index (κ2) is 6.70. The van der Waals surface area contributed by atoms with E-state index in [1.807, 2.05) is 11.8 Å². The fourth-order valence-corrected chi connectivity index (χ4v) is 4.00. The Hall–Kier alpha value is -1.21. The molecule has 0 amide bonds. The Balaban J connectivity index is 2.03.